The van der Waals surface area contributed by atoms with Gasteiger partial charge in [-0.25, -0.2) is 0 Å². The molecular formula is C15H31N3O3. The van der Waals surface area contributed by atoms with Gasteiger partial charge in [0.25, 0.3) is 0 Å². The molecule has 21 heavy (non-hydrogen) atoms. The van der Waals surface area contributed by atoms with Crippen molar-refractivity contribution in [1.29, 1.82) is 0 Å². The van der Waals surface area contributed by atoms with Crippen molar-refractivity contribution in [3.8, 4) is 0 Å². The maximum atomic E-state index is 12.1. The van der Waals surface area contributed by atoms with Crippen LogP contribution in [-0.2, 0) is 14.3 Å². The summed E-state index contributed by atoms with van der Waals surface area (Å²) in [5.74, 6) is -0.202. The summed E-state index contributed by atoms with van der Waals surface area (Å²) in [6.45, 7) is 5.15. The summed E-state index contributed by atoms with van der Waals surface area (Å²) in [5.41, 5.74) is 5.69. The van der Waals surface area contributed by atoms with Gasteiger partial charge in [0.2, 0.25) is 11.8 Å². The molecule has 2 unspecified atom stereocenters. The lowest BCUT2D eigenvalue weighted by Crippen LogP contribution is -2.40. The van der Waals surface area contributed by atoms with E-state index in [0.29, 0.717) is 13.2 Å². The summed E-state index contributed by atoms with van der Waals surface area (Å²) in [5, 5.41) is 2.77. The number of nitrogens with one attached hydrogen (secondary N) is 1. The van der Waals surface area contributed by atoms with Crippen LogP contribution in [0.15, 0.2) is 0 Å². The smallest absolute Gasteiger partial charge is 0.239 e. The third-order valence-corrected chi connectivity index (χ3v) is 3.32. The zero-order valence-corrected chi connectivity index (χ0v) is 13.9. The molecule has 0 heterocycles. The molecule has 6 heteroatoms. The fourth-order valence-corrected chi connectivity index (χ4v) is 2.04. The molecule has 2 atom stereocenters. The van der Waals surface area contributed by atoms with Gasteiger partial charge in [-0.2, -0.15) is 0 Å². The normalized spacial score (nSPS) is 13.6. The van der Waals surface area contributed by atoms with Gasteiger partial charge in [0.15, 0.2) is 0 Å². The molecule has 0 fully saturated rings. The average molecular weight is 301 g/mol. The minimum atomic E-state index is -0.135. The number of methoxy groups -OCH3 is 1. The van der Waals surface area contributed by atoms with Gasteiger partial charge in [-0.3, -0.25) is 9.59 Å². The van der Waals surface area contributed by atoms with E-state index in [1.54, 1.807) is 14.2 Å². The minimum Gasteiger partial charge on any atom is -0.385 e. The fourth-order valence-electron chi connectivity index (χ4n) is 2.04. The Hall–Kier alpha value is -1.14. The van der Waals surface area contributed by atoms with Crippen LogP contribution in [-0.4, -0.2) is 56.6 Å². The summed E-state index contributed by atoms with van der Waals surface area (Å²) in [7, 11) is 3.29. The number of rotatable bonds is 11. The van der Waals surface area contributed by atoms with Crippen LogP contribution >= 0.6 is 0 Å². The molecule has 0 saturated carbocycles. The van der Waals surface area contributed by atoms with Crippen molar-refractivity contribution in [3.63, 3.8) is 0 Å². The van der Waals surface area contributed by atoms with E-state index in [0.717, 1.165) is 25.7 Å². The van der Waals surface area contributed by atoms with Gasteiger partial charge in [-0.15, -0.1) is 0 Å². The zero-order valence-electron chi connectivity index (χ0n) is 13.9. The molecule has 0 aliphatic rings. The third-order valence-electron chi connectivity index (χ3n) is 3.32. The van der Waals surface area contributed by atoms with Crippen LogP contribution in [0.2, 0.25) is 0 Å². The van der Waals surface area contributed by atoms with Gasteiger partial charge >= 0.3 is 0 Å². The Morgan fingerprint density at radius 3 is 2.48 bits per heavy atom. The number of likely N-dealkylation sites (N-methyl/N-ethyl adjacent to an activating group) is 1. The lowest BCUT2D eigenvalue weighted by atomic mass is 10.0. The number of hydrogen-bond donors (Lipinski definition) is 2. The van der Waals surface area contributed by atoms with Gasteiger partial charge in [-0.1, -0.05) is 13.3 Å². The Morgan fingerprint density at radius 2 is 1.90 bits per heavy atom. The molecule has 0 aromatic carbocycles. The van der Waals surface area contributed by atoms with Crippen molar-refractivity contribution in [2.45, 2.75) is 45.6 Å². The zero-order chi connectivity index (χ0) is 16.3. The predicted molar refractivity (Wildman–Crippen MR) is 83.8 cm³/mol. The van der Waals surface area contributed by atoms with Crippen molar-refractivity contribution in [2.75, 3.05) is 33.9 Å². The van der Waals surface area contributed by atoms with Crippen LogP contribution in [0, 0.1) is 5.92 Å². The molecule has 6 nitrogen and oxygen atoms in total. The first-order valence-electron chi connectivity index (χ1n) is 7.64. The van der Waals surface area contributed by atoms with E-state index in [1.165, 1.54) is 4.90 Å². The van der Waals surface area contributed by atoms with E-state index in [-0.39, 0.29) is 30.3 Å². The lowest BCUT2D eigenvalue weighted by molar-refractivity contribution is -0.137. The molecular weight excluding hydrogens is 270 g/mol. The number of nitrogens with two attached hydrogens (primary N) is 1. The minimum absolute atomic E-state index is 0.00622. The van der Waals surface area contributed by atoms with E-state index in [1.807, 2.05) is 13.8 Å². The molecule has 0 aromatic rings. The first-order chi connectivity index (χ1) is 9.88. The van der Waals surface area contributed by atoms with Crippen LogP contribution in [0.1, 0.15) is 39.5 Å². The van der Waals surface area contributed by atoms with E-state index in [2.05, 4.69) is 5.32 Å². The first kappa shape index (κ1) is 19.9. The Labute approximate surface area is 128 Å². The number of ether oxygens (including phenoxy) is 1. The largest absolute Gasteiger partial charge is 0.385 e. The van der Waals surface area contributed by atoms with Crippen LogP contribution < -0.4 is 11.1 Å². The molecule has 2 amide bonds. The van der Waals surface area contributed by atoms with Crippen molar-refractivity contribution in [2.24, 2.45) is 11.7 Å². The molecule has 124 valence electrons. The second-order valence-corrected chi connectivity index (χ2v) is 5.70. The monoisotopic (exact) mass is 301 g/mol. The second-order valence-electron chi connectivity index (χ2n) is 5.70. The molecule has 0 aliphatic heterocycles. The quantitative estimate of drug-likeness (QED) is 0.552. The highest BCUT2D eigenvalue weighted by Crippen LogP contribution is 2.11. The highest BCUT2D eigenvalue weighted by atomic mass is 16.5. The maximum Gasteiger partial charge on any atom is 0.239 e. The highest BCUT2D eigenvalue weighted by Gasteiger charge is 2.19. The van der Waals surface area contributed by atoms with Gasteiger partial charge < -0.3 is 20.7 Å². The molecule has 0 radical (unpaired) electrons. The summed E-state index contributed by atoms with van der Waals surface area (Å²) >= 11 is 0. The van der Waals surface area contributed by atoms with Crippen molar-refractivity contribution >= 4 is 11.8 Å². The molecule has 0 aromatic heterocycles. The highest BCUT2D eigenvalue weighted by molar-refractivity contribution is 5.85. The van der Waals surface area contributed by atoms with Crippen LogP contribution in [0.25, 0.3) is 0 Å². The first-order valence-corrected chi connectivity index (χ1v) is 7.64. The molecule has 0 bridgehead atoms. The molecule has 0 spiro atoms. The van der Waals surface area contributed by atoms with Gasteiger partial charge in [0, 0.05) is 39.3 Å². The van der Waals surface area contributed by atoms with Crippen LogP contribution in [0.4, 0.5) is 0 Å². The second kappa shape index (κ2) is 11.5. The van der Waals surface area contributed by atoms with Gasteiger partial charge in [0.1, 0.15) is 0 Å². The molecule has 3 N–H and O–H groups in total. The Morgan fingerprint density at radius 1 is 1.24 bits per heavy atom. The Bertz CT molecular complexity index is 309. The SMILES string of the molecule is COCCCNC(=O)CN(C)C(=O)C(C)CCCC(C)N. The maximum absolute atomic E-state index is 12.1. The topological polar surface area (TPSA) is 84.7 Å². The van der Waals surface area contributed by atoms with Crippen molar-refractivity contribution in [1.82, 2.24) is 10.2 Å². The van der Waals surface area contributed by atoms with Gasteiger partial charge in [-0.05, 0) is 26.2 Å². The fraction of sp³-hybridized carbons (Fsp3) is 0.867. The van der Waals surface area contributed by atoms with Crippen molar-refractivity contribution in [3.05, 3.63) is 0 Å². The number of amides is 2. The third kappa shape index (κ3) is 10.3. The van der Waals surface area contributed by atoms with Crippen LogP contribution in [0.5, 0.6) is 0 Å². The molecule has 0 aliphatic carbocycles. The Kier molecular flexibility index (Phi) is 10.9. The molecule has 0 rings (SSSR count). The standard InChI is InChI=1S/C15H31N3O3/c1-12(7-5-8-13(2)16)15(20)18(3)11-14(19)17-9-6-10-21-4/h12-13H,5-11,16H2,1-4H3,(H,17,19). The van der Waals surface area contributed by atoms with Gasteiger partial charge in [0.05, 0.1) is 6.54 Å². The molecule has 0 saturated heterocycles. The summed E-state index contributed by atoms with van der Waals surface area (Å²) in [4.78, 5) is 25.3. The van der Waals surface area contributed by atoms with Crippen molar-refractivity contribution < 1.29 is 14.3 Å². The summed E-state index contributed by atoms with van der Waals surface area (Å²) in [6.07, 6.45) is 3.43. The lowest BCUT2D eigenvalue weighted by Gasteiger charge is -2.21. The number of carbonyl (C=O) groups excluding carboxylic acids is 2. The number of hydrogen-bond acceptors (Lipinski definition) is 4. The summed E-state index contributed by atoms with van der Waals surface area (Å²) in [6, 6.07) is 0.169. The summed E-state index contributed by atoms with van der Waals surface area (Å²) < 4.78 is 4.90. The predicted octanol–water partition coefficient (Wildman–Crippen LogP) is 0.751. The number of nitrogens with zero attached hydrogens (tertiary/aromatic N) is 1. The average Bonchev–Trinajstić information content (AvgIpc) is 2.42. The van der Waals surface area contributed by atoms with E-state index < -0.39 is 0 Å². The van der Waals surface area contributed by atoms with E-state index >= 15 is 0 Å². The number of carbonyl (C=O) groups is 2. The van der Waals surface area contributed by atoms with Crippen LogP contribution in [0.3, 0.4) is 0 Å². The van der Waals surface area contributed by atoms with E-state index in [9.17, 15) is 9.59 Å². The van der Waals surface area contributed by atoms with E-state index in [4.69, 9.17) is 10.5 Å². The Balaban J connectivity index is 3.93.